The summed E-state index contributed by atoms with van der Waals surface area (Å²) < 4.78 is 0. The second kappa shape index (κ2) is 9.34. The van der Waals surface area contributed by atoms with Crippen molar-refractivity contribution >= 4 is 0 Å². The molecule has 0 fully saturated rings. The van der Waals surface area contributed by atoms with Crippen LogP contribution in [0.3, 0.4) is 0 Å². The normalized spacial score (nSPS) is 13.8. The number of allylic oxidation sites excluding steroid dienone is 3. The van der Waals surface area contributed by atoms with Crippen molar-refractivity contribution in [1.29, 1.82) is 0 Å². The summed E-state index contributed by atoms with van der Waals surface area (Å²) in [5, 5.41) is 22.5. The SMILES string of the molecule is C/C=C(\C=C/CC)CC(CO)NCc1ccccc1O. The van der Waals surface area contributed by atoms with Gasteiger partial charge in [-0.05, 0) is 25.8 Å². The molecule has 0 bridgehead atoms. The van der Waals surface area contributed by atoms with Crippen molar-refractivity contribution in [2.45, 2.75) is 39.3 Å². The number of aliphatic hydroxyl groups excluding tert-OH is 1. The van der Waals surface area contributed by atoms with Crippen molar-refractivity contribution < 1.29 is 10.2 Å². The summed E-state index contributed by atoms with van der Waals surface area (Å²) >= 11 is 0. The molecule has 0 aliphatic carbocycles. The molecule has 3 N–H and O–H groups in total. The van der Waals surface area contributed by atoms with Gasteiger partial charge in [-0.2, -0.15) is 0 Å². The predicted octanol–water partition coefficient (Wildman–Crippen LogP) is 3.15. The number of aliphatic hydroxyl groups is 1. The summed E-state index contributed by atoms with van der Waals surface area (Å²) in [6, 6.07) is 7.24. The lowest BCUT2D eigenvalue weighted by molar-refractivity contribution is 0.240. The van der Waals surface area contributed by atoms with Crippen LogP contribution in [-0.2, 0) is 6.54 Å². The fourth-order valence-electron chi connectivity index (χ4n) is 1.95. The van der Waals surface area contributed by atoms with Crippen molar-refractivity contribution in [1.82, 2.24) is 5.32 Å². The Kier molecular flexibility index (Phi) is 7.70. The molecule has 0 saturated carbocycles. The largest absolute Gasteiger partial charge is 0.508 e. The van der Waals surface area contributed by atoms with E-state index in [4.69, 9.17) is 0 Å². The lowest BCUT2D eigenvalue weighted by Gasteiger charge is -2.17. The number of benzene rings is 1. The first-order chi connectivity index (χ1) is 9.71. The second-order valence-electron chi connectivity index (χ2n) is 4.77. The Morgan fingerprint density at radius 1 is 1.35 bits per heavy atom. The van der Waals surface area contributed by atoms with Gasteiger partial charge in [-0.25, -0.2) is 0 Å². The fourth-order valence-corrected chi connectivity index (χ4v) is 1.95. The number of nitrogens with one attached hydrogen (secondary N) is 1. The van der Waals surface area contributed by atoms with Crippen molar-refractivity contribution in [3.05, 3.63) is 53.6 Å². The van der Waals surface area contributed by atoms with Crippen LogP contribution >= 0.6 is 0 Å². The predicted molar refractivity (Wildman–Crippen MR) is 83.6 cm³/mol. The number of phenolic OH excluding ortho intramolecular Hbond substituents is 1. The quantitative estimate of drug-likeness (QED) is 0.639. The molecule has 1 aromatic carbocycles. The molecular formula is C17H25NO2. The van der Waals surface area contributed by atoms with Crippen molar-refractivity contribution in [3.8, 4) is 5.75 Å². The molecule has 0 aliphatic heterocycles. The third kappa shape index (κ3) is 5.59. The van der Waals surface area contributed by atoms with Crippen molar-refractivity contribution in [2.24, 2.45) is 0 Å². The minimum atomic E-state index is -0.0117. The van der Waals surface area contributed by atoms with Crippen molar-refractivity contribution in [2.75, 3.05) is 6.61 Å². The number of hydrogen-bond donors (Lipinski definition) is 3. The minimum absolute atomic E-state index is 0.0117. The van der Waals surface area contributed by atoms with E-state index in [1.54, 1.807) is 12.1 Å². The van der Waals surface area contributed by atoms with Gasteiger partial charge in [0.25, 0.3) is 0 Å². The van der Waals surface area contributed by atoms with Gasteiger partial charge in [0.1, 0.15) is 5.75 Å². The van der Waals surface area contributed by atoms with Gasteiger partial charge < -0.3 is 15.5 Å². The Hall–Kier alpha value is -1.58. The zero-order chi connectivity index (χ0) is 14.8. The van der Waals surface area contributed by atoms with Crippen LogP contribution in [0.25, 0.3) is 0 Å². The van der Waals surface area contributed by atoms with Crippen LogP contribution in [0.1, 0.15) is 32.3 Å². The molecule has 1 unspecified atom stereocenters. The van der Waals surface area contributed by atoms with E-state index in [1.807, 2.05) is 19.1 Å². The van der Waals surface area contributed by atoms with Crippen LogP contribution in [0, 0.1) is 0 Å². The Morgan fingerprint density at radius 2 is 2.10 bits per heavy atom. The highest BCUT2D eigenvalue weighted by atomic mass is 16.3. The Labute approximate surface area is 121 Å². The summed E-state index contributed by atoms with van der Waals surface area (Å²) in [4.78, 5) is 0. The maximum Gasteiger partial charge on any atom is 0.120 e. The average Bonchev–Trinajstić information content (AvgIpc) is 2.48. The summed E-state index contributed by atoms with van der Waals surface area (Å²) in [7, 11) is 0. The Balaban J connectivity index is 2.55. The highest BCUT2D eigenvalue weighted by Crippen LogP contribution is 2.16. The van der Waals surface area contributed by atoms with Gasteiger partial charge in [-0.15, -0.1) is 0 Å². The number of rotatable bonds is 8. The molecule has 110 valence electrons. The lowest BCUT2D eigenvalue weighted by Crippen LogP contribution is -2.32. The topological polar surface area (TPSA) is 52.5 Å². The van der Waals surface area contributed by atoms with E-state index in [1.165, 1.54) is 5.57 Å². The maximum absolute atomic E-state index is 9.72. The molecule has 0 saturated heterocycles. The highest BCUT2D eigenvalue weighted by molar-refractivity contribution is 5.31. The van der Waals surface area contributed by atoms with E-state index in [9.17, 15) is 10.2 Å². The highest BCUT2D eigenvalue weighted by Gasteiger charge is 2.09. The first-order valence-corrected chi connectivity index (χ1v) is 7.14. The summed E-state index contributed by atoms with van der Waals surface area (Å²) in [5.41, 5.74) is 2.05. The van der Waals surface area contributed by atoms with E-state index in [-0.39, 0.29) is 18.4 Å². The first-order valence-electron chi connectivity index (χ1n) is 7.14. The van der Waals surface area contributed by atoms with E-state index < -0.39 is 0 Å². The third-order valence-electron chi connectivity index (χ3n) is 3.21. The van der Waals surface area contributed by atoms with Gasteiger partial charge in [0.05, 0.1) is 6.61 Å². The van der Waals surface area contributed by atoms with E-state index >= 15 is 0 Å². The number of para-hydroxylation sites is 1. The zero-order valence-corrected chi connectivity index (χ0v) is 12.3. The fraction of sp³-hybridized carbons (Fsp3) is 0.412. The third-order valence-corrected chi connectivity index (χ3v) is 3.21. The summed E-state index contributed by atoms with van der Waals surface area (Å²) in [6.45, 7) is 4.73. The Bertz CT molecular complexity index is 452. The van der Waals surface area contributed by atoms with Crippen LogP contribution in [0.15, 0.2) is 48.1 Å². The van der Waals surface area contributed by atoms with Crippen LogP contribution in [0.5, 0.6) is 5.75 Å². The second-order valence-corrected chi connectivity index (χ2v) is 4.77. The number of hydrogen-bond acceptors (Lipinski definition) is 3. The van der Waals surface area contributed by atoms with Gasteiger partial charge in [-0.1, -0.05) is 48.9 Å². The van der Waals surface area contributed by atoms with Gasteiger partial charge in [0.15, 0.2) is 0 Å². The average molecular weight is 275 g/mol. The van der Waals surface area contributed by atoms with E-state index in [0.29, 0.717) is 6.54 Å². The molecule has 1 atom stereocenters. The van der Waals surface area contributed by atoms with E-state index in [0.717, 1.165) is 18.4 Å². The smallest absolute Gasteiger partial charge is 0.120 e. The van der Waals surface area contributed by atoms with Crippen LogP contribution in [0.2, 0.25) is 0 Å². The first kappa shape index (κ1) is 16.5. The Morgan fingerprint density at radius 3 is 2.70 bits per heavy atom. The van der Waals surface area contributed by atoms with Crippen LogP contribution in [0.4, 0.5) is 0 Å². The zero-order valence-electron chi connectivity index (χ0n) is 12.3. The van der Waals surface area contributed by atoms with Crippen LogP contribution in [-0.4, -0.2) is 22.9 Å². The molecule has 0 radical (unpaired) electrons. The molecule has 0 aliphatic rings. The van der Waals surface area contributed by atoms with Gasteiger partial charge >= 0.3 is 0 Å². The van der Waals surface area contributed by atoms with Crippen molar-refractivity contribution in [3.63, 3.8) is 0 Å². The lowest BCUT2D eigenvalue weighted by atomic mass is 10.0. The molecule has 3 heteroatoms. The molecule has 0 aromatic heterocycles. The summed E-state index contributed by atoms with van der Waals surface area (Å²) in [6.07, 6.45) is 8.07. The number of aromatic hydroxyl groups is 1. The molecule has 1 aromatic rings. The van der Waals surface area contributed by atoms with Crippen LogP contribution < -0.4 is 5.32 Å². The number of phenols is 1. The maximum atomic E-state index is 9.72. The monoisotopic (exact) mass is 275 g/mol. The molecule has 0 heterocycles. The minimum Gasteiger partial charge on any atom is -0.508 e. The summed E-state index contributed by atoms with van der Waals surface area (Å²) in [5.74, 6) is 0.286. The van der Waals surface area contributed by atoms with Gasteiger partial charge in [0.2, 0.25) is 0 Å². The molecule has 3 nitrogen and oxygen atoms in total. The standard InChI is InChI=1S/C17H25NO2/c1-3-5-8-14(4-2)11-16(13-19)18-12-15-9-6-7-10-17(15)20/h4-10,16,18-20H,3,11-13H2,1-2H3/b8-5-,14-4+. The molecular weight excluding hydrogens is 250 g/mol. The molecule has 1 rings (SSSR count). The molecule has 0 spiro atoms. The van der Waals surface area contributed by atoms with E-state index in [2.05, 4.69) is 30.5 Å². The van der Waals surface area contributed by atoms with Gasteiger partial charge in [-0.3, -0.25) is 0 Å². The molecule has 20 heavy (non-hydrogen) atoms. The van der Waals surface area contributed by atoms with Gasteiger partial charge in [0, 0.05) is 18.2 Å². The molecule has 0 amide bonds.